The lowest BCUT2D eigenvalue weighted by molar-refractivity contribution is -0.139. The van der Waals surface area contributed by atoms with Crippen LogP contribution in [0.3, 0.4) is 0 Å². The van der Waals surface area contributed by atoms with E-state index < -0.39 is 17.4 Å². The predicted molar refractivity (Wildman–Crippen MR) is 125 cm³/mol. The Morgan fingerprint density at radius 1 is 1.17 bits per heavy atom. The van der Waals surface area contributed by atoms with E-state index in [0.29, 0.717) is 43.6 Å². The number of pyridine rings is 1. The third-order valence-electron chi connectivity index (χ3n) is 6.57. The van der Waals surface area contributed by atoms with E-state index in [4.69, 9.17) is 9.47 Å². The zero-order valence-electron chi connectivity index (χ0n) is 20.1. The van der Waals surface area contributed by atoms with Gasteiger partial charge in [0, 0.05) is 45.8 Å². The van der Waals surface area contributed by atoms with Gasteiger partial charge in [-0.3, -0.25) is 0 Å². The monoisotopic (exact) mass is 505 g/mol. The maximum Gasteiger partial charge on any atom is 0.419 e. The van der Waals surface area contributed by atoms with Crippen LogP contribution in [0.25, 0.3) is 22.3 Å². The van der Waals surface area contributed by atoms with Gasteiger partial charge >= 0.3 is 6.18 Å². The molecule has 1 saturated heterocycles. The average Bonchev–Trinajstić information content (AvgIpc) is 3.23. The van der Waals surface area contributed by atoms with Gasteiger partial charge < -0.3 is 18.9 Å². The molecule has 0 spiro atoms. The molecule has 0 N–H and O–H groups in total. The van der Waals surface area contributed by atoms with E-state index in [2.05, 4.69) is 14.9 Å². The number of benzene rings is 1. The number of ether oxygens (including phenoxy) is 2. The highest BCUT2D eigenvalue weighted by Crippen LogP contribution is 2.39. The summed E-state index contributed by atoms with van der Waals surface area (Å²) in [5, 5.41) is 9.42. The van der Waals surface area contributed by atoms with E-state index in [0.717, 1.165) is 12.6 Å². The predicted octanol–water partition coefficient (Wildman–Crippen LogP) is 4.75. The molecule has 1 aliphatic heterocycles. The highest BCUT2D eigenvalue weighted by Gasteiger charge is 2.37. The molecule has 0 amide bonds. The lowest BCUT2D eigenvalue weighted by atomic mass is 9.90. The maximum atomic E-state index is 15.2. The van der Waals surface area contributed by atoms with Gasteiger partial charge in [-0.25, -0.2) is 14.4 Å². The van der Waals surface area contributed by atoms with Crippen LogP contribution in [0.1, 0.15) is 30.5 Å². The number of hydrogen-bond acceptors (Lipinski definition) is 6. The fourth-order valence-corrected chi connectivity index (χ4v) is 4.38. The molecule has 4 rings (SSSR count). The van der Waals surface area contributed by atoms with E-state index >= 15 is 4.39 Å². The van der Waals surface area contributed by atoms with E-state index in [1.807, 2.05) is 6.07 Å². The Kier molecular flexibility index (Phi) is 7.47. The molecule has 3 heterocycles. The molecular weight excluding hydrogens is 478 g/mol. The van der Waals surface area contributed by atoms with Crippen molar-refractivity contribution in [3.63, 3.8) is 0 Å². The number of halogens is 4. The number of likely N-dealkylation sites (tertiary alicyclic amines) is 1. The van der Waals surface area contributed by atoms with Gasteiger partial charge in [0.1, 0.15) is 23.0 Å². The van der Waals surface area contributed by atoms with Crippen molar-refractivity contribution >= 4 is 11.0 Å². The van der Waals surface area contributed by atoms with Gasteiger partial charge in [-0.1, -0.05) is 0 Å². The highest BCUT2D eigenvalue weighted by atomic mass is 19.4. The summed E-state index contributed by atoms with van der Waals surface area (Å²) in [7, 11) is 3.33. The summed E-state index contributed by atoms with van der Waals surface area (Å²) < 4.78 is 69.1. The second-order valence-corrected chi connectivity index (χ2v) is 8.98. The number of methoxy groups -OCH3 is 1. The number of nitrogens with zero attached hydrogens (tertiary/aromatic N) is 5. The summed E-state index contributed by atoms with van der Waals surface area (Å²) in [4.78, 5) is 10.4. The molecule has 0 bridgehead atoms. The Bertz CT molecular complexity index is 1260. The summed E-state index contributed by atoms with van der Waals surface area (Å²) >= 11 is 0. The summed E-state index contributed by atoms with van der Waals surface area (Å²) in [5.41, 5.74) is -1.08. The molecule has 7 nitrogen and oxygen atoms in total. The first-order chi connectivity index (χ1) is 17.1. The number of imidazole rings is 1. The van der Waals surface area contributed by atoms with Crippen LogP contribution >= 0.6 is 0 Å². The summed E-state index contributed by atoms with van der Waals surface area (Å²) in [6.45, 7) is 2.27. The molecular formula is C25H27F4N5O2. The van der Waals surface area contributed by atoms with Gasteiger partial charge in [-0.05, 0) is 37.1 Å². The van der Waals surface area contributed by atoms with Gasteiger partial charge in [0.25, 0.3) is 0 Å². The highest BCUT2D eigenvalue weighted by molar-refractivity contribution is 5.84. The van der Waals surface area contributed by atoms with E-state index in [1.165, 1.54) is 18.5 Å². The summed E-state index contributed by atoms with van der Waals surface area (Å²) in [6, 6.07) is 7.15. The molecule has 0 radical (unpaired) electrons. The Morgan fingerprint density at radius 3 is 2.58 bits per heavy atom. The van der Waals surface area contributed by atoms with E-state index in [1.54, 1.807) is 24.8 Å². The smallest absolute Gasteiger partial charge is 0.419 e. The standard InChI is InChI=1S/C25H27F4N5O2/c1-33-16-31-23-20(15-30)32-19(14-21(23)33)17-3-4-22(18(13-17)25(27,28)29)36-11-7-24(26)5-8-34(9-6-24)10-12-35-2/h3-4,13-14,16H,5-12H2,1-2H3. The molecule has 1 aliphatic rings. The van der Waals surface area contributed by atoms with Gasteiger partial charge in [-0.15, -0.1) is 0 Å². The molecule has 0 aliphatic carbocycles. The molecule has 0 unspecified atom stereocenters. The number of alkyl halides is 4. The third kappa shape index (κ3) is 5.60. The van der Waals surface area contributed by atoms with Crippen molar-refractivity contribution in [2.75, 3.05) is 40.0 Å². The first kappa shape index (κ1) is 25.9. The van der Waals surface area contributed by atoms with E-state index in [-0.39, 0.29) is 35.7 Å². The van der Waals surface area contributed by atoms with E-state index in [9.17, 15) is 18.4 Å². The molecule has 1 fully saturated rings. The number of hydrogen-bond donors (Lipinski definition) is 0. The number of piperidine rings is 1. The van der Waals surface area contributed by atoms with Crippen LogP contribution in [-0.2, 0) is 18.0 Å². The van der Waals surface area contributed by atoms with Crippen LogP contribution in [0.4, 0.5) is 17.6 Å². The van der Waals surface area contributed by atoms with Crippen molar-refractivity contribution in [1.82, 2.24) is 19.4 Å². The summed E-state index contributed by atoms with van der Waals surface area (Å²) in [5.74, 6) is -0.366. The number of aryl methyl sites for hydroxylation is 1. The van der Waals surface area contributed by atoms with Crippen molar-refractivity contribution in [2.24, 2.45) is 7.05 Å². The molecule has 2 aromatic heterocycles. The van der Waals surface area contributed by atoms with Crippen molar-refractivity contribution in [1.29, 1.82) is 5.26 Å². The zero-order chi connectivity index (χ0) is 25.9. The Labute approximate surface area is 206 Å². The molecule has 1 aromatic carbocycles. The van der Waals surface area contributed by atoms with Crippen LogP contribution in [0.5, 0.6) is 5.75 Å². The molecule has 192 valence electrons. The lowest BCUT2D eigenvalue weighted by Gasteiger charge is -2.36. The van der Waals surface area contributed by atoms with Crippen molar-refractivity contribution in [3.05, 3.63) is 41.9 Å². The Balaban J connectivity index is 1.51. The number of aromatic nitrogens is 3. The minimum absolute atomic E-state index is 0.00834. The lowest BCUT2D eigenvalue weighted by Crippen LogP contribution is -2.43. The Morgan fingerprint density at radius 2 is 1.92 bits per heavy atom. The third-order valence-corrected chi connectivity index (χ3v) is 6.57. The minimum Gasteiger partial charge on any atom is -0.493 e. The largest absolute Gasteiger partial charge is 0.493 e. The second kappa shape index (κ2) is 10.4. The summed E-state index contributed by atoms with van der Waals surface area (Å²) in [6.07, 6.45) is -2.58. The van der Waals surface area contributed by atoms with Gasteiger partial charge in [0.05, 0.1) is 36.3 Å². The van der Waals surface area contributed by atoms with Crippen molar-refractivity contribution in [2.45, 2.75) is 31.1 Å². The zero-order valence-corrected chi connectivity index (χ0v) is 20.1. The first-order valence-electron chi connectivity index (χ1n) is 11.6. The molecule has 36 heavy (non-hydrogen) atoms. The molecule has 0 atom stereocenters. The van der Waals surface area contributed by atoms with Crippen LogP contribution in [-0.4, -0.2) is 65.1 Å². The maximum absolute atomic E-state index is 15.2. The first-order valence-corrected chi connectivity index (χ1v) is 11.6. The number of nitriles is 1. The minimum atomic E-state index is -4.69. The molecule has 11 heteroatoms. The number of fused-ring (bicyclic) bond motifs is 1. The Hall–Kier alpha value is -3.23. The number of rotatable bonds is 8. The van der Waals surface area contributed by atoms with Crippen LogP contribution in [0, 0.1) is 11.3 Å². The van der Waals surface area contributed by atoms with Crippen molar-refractivity contribution in [3.8, 4) is 23.1 Å². The molecule has 3 aromatic rings. The van der Waals surface area contributed by atoms with Crippen LogP contribution in [0.15, 0.2) is 30.6 Å². The van der Waals surface area contributed by atoms with Gasteiger partial charge in [0.2, 0.25) is 0 Å². The van der Waals surface area contributed by atoms with Gasteiger partial charge in [0.15, 0.2) is 5.69 Å². The fraction of sp³-hybridized carbons (Fsp3) is 0.480. The van der Waals surface area contributed by atoms with Crippen LogP contribution < -0.4 is 4.74 Å². The topological polar surface area (TPSA) is 76.2 Å². The quantitative estimate of drug-likeness (QED) is 0.412. The van der Waals surface area contributed by atoms with Gasteiger partial charge in [-0.2, -0.15) is 18.4 Å². The normalized spacial score (nSPS) is 16.2. The van der Waals surface area contributed by atoms with Crippen molar-refractivity contribution < 1.29 is 27.0 Å². The fourth-order valence-electron chi connectivity index (χ4n) is 4.38. The second-order valence-electron chi connectivity index (χ2n) is 8.98. The average molecular weight is 506 g/mol. The SMILES string of the molecule is COCCN1CCC(F)(CCOc2ccc(-c3cc4c(ncn4C)c(C#N)n3)cc2C(F)(F)F)CC1. The molecule has 0 saturated carbocycles. The van der Waals surface area contributed by atoms with Crippen LogP contribution in [0.2, 0.25) is 0 Å².